The number of hydrogen-bond acceptors (Lipinski definition) is 6. The standard InChI is InChI=1S/C32H18N8.Nd/c1-2-10-18-17(9-1)25-33-26(18)38-28-21-13-5-6-14-22(21)30(35-28)40-32-24-16-8-7-15-23(24)31(36-32)39-29-20-12-4-3-11-19(20)27(34-29)37-25;/h1-16H,(H2,33,34,35,36,37,38,39,40);/q;+3. The Morgan fingerprint density at radius 3 is 0.829 bits per heavy atom. The number of nitrogens with one attached hydrogen (secondary N) is 2. The monoisotopic (exact) mass is 656 g/mol. The molecule has 8 nitrogen and oxygen atoms in total. The van der Waals surface area contributed by atoms with E-state index in [0.717, 1.165) is 43.8 Å². The zero-order chi connectivity index (χ0) is 26.2. The van der Waals surface area contributed by atoms with E-state index in [0.29, 0.717) is 45.9 Å². The van der Waals surface area contributed by atoms with Crippen LogP contribution in [0.3, 0.4) is 0 Å². The predicted molar refractivity (Wildman–Crippen MR) is 156 cm³/mol. The molecule has 0 atom stereocenters. The summed E-state index contributed by atoms with van der Waals surface area (Å²) in [7, 11) is 0. The number of H-pyrrole nitrogens is 2. The summed E-state index contributed by atoms with van der Waals surface area (Å²) in [6.07, 6.45) is 0. The summed E-state index contributed by atoms with van der Waals surface area (Å²) in [5.41, 5.74) is 6.45. The van der Waals surface area contributed by atoms with Crippen LogP contribution in [0.1, 0.15) is 0 Å². The maximum absolute atomic E-state index is 5.02. The molecule has 9 heteroatoms. The molecule has 2 aliphatic heterocycles. The minimum absolute atomic E-state index is 0. The topological polar surface area (TPSA) is 109 Å². The van der Waals surface area contributed by atoms with Gasteiger partial charge in [-0.25, -0.2) is 29.9 Å². The Bertz CT molecular complexity index is 2030. The zero-order valence-corrected chi connectivity index (χ0v) is 24.6. The molecule has 3 aromatic heterocycles. The van der Waals surface area contributed by atoms with Crippen LogP contribution >= 0.6 is 0 Å². The van der Waals surface area contributed by atoms with E-state index in [9.17, 15) is 0 Å². The predicted octanol–water partition coefficient (Wildman–Crippen LogP) is 6.87. The van der Waals surface area contributed by atoms with Crippen molar-refractivity contribution in [2.24, 2.45) is 0 Å². The molecule has 8 bridgehead atoms. The van der Waals surface area contributed by atoms with Crippen molar-refractivity contribution in [1.82, 2.24) is 39.9 Å². The molecule has 2 N–H and O–H groups in total. The third kappa shape index (κ3) is 3.74. The van der Waals surface area contributed by atoms with Gasteiger partial charge >= 0.3 is 40.8 Å². The Balaban J connectivity index is 0.00000256. The average molecular weight is 659 g/mol. The number of aromatic amines is 2. The van der Waals surface area contributed by atoms with E-state index in [1.165, 1.54) is 0 Å². The van der Waals surface area contributed by atoms with Gasteiger partial charge < -0.3 is 9.97 Å². The van der Waals surface area contributed by atoms with E-state index in [1.807, 2.05) is 97.1 Å². The number of hydrogen-bond donors (Lipinski definition) is 2. The number of nitrogens with zero attached hydrogens (tertiary/aromatic N) is 6. The van der Waals surface area contributed by atoms with Gasteiger partial charge in [-0.15, -0.1) is 0 Å². The van der Waals surface area contributed by atoms with Gasteiger partial charge in [-0.3, -0.25) is 0 Å². The van der Waals surface area contributed by atoms with Gasteiger partial charge in [-0.2, -0.15) is 0 Å². The summed E-state index contributed by atoms with van der Waals surface area (Å²) in [5.74, 6) is 2.39. The molecular formula is C32H18N8Nd+3. The zero-order valence-electron chi connectivity index (χ0n) is 21.4. The summed E-state index contributed by atoms with van der Waals surface area (Å²) < 4.78 is 0. The molecule has 0 aliphatic carbocycles. The first-order valence-corrected chi connectivity index (χ1v) is 13.0. The minimum Gasteiger partial charge on any atom is -0.324 e. The minimum atomic E-state index is 0. The Hall–Kier alpha value is -4.41. The van der Waals surface area contributed by atoms with Crippen LogP contribution in [0.4, 0.5) is 0 Å². The number of benzene rings is 4. The van der Waals surface area contributed by atoms with Crippen LogP contribution in [0, 0.1) is 40.8 Å². The van der Waals surface area contributed by atoms with Gasteiger partial charge in [-0.1, -0.05) is 97.1 Å². The van der Waals surface area contributed by atoms with E-state index in [-0.39, 0.29) is 40.8 Å². The molecule has 5 heterocycles. The summed E-state index contributed by atoms with van der Waals surface area (Å²) >= 11 is 0. The molecule has 7 aromatic rings. The van der Waals surface area contributed by atoms with Crippen molar-refractivity contribution in [2.75, 3.05) is 0 Å². The molecule has 187 valence electrons. The molecule has 0 fully saturated rings. The van der Waals surface area contributed by atoms with E-state index < -0.39 is 0 Å². The molecule has 4 aromatic carbocycles. The number of fused-ring (bicyclic) bond motifs is 20. The van der Waals surface area contributed by atoms with Crippen LogP contribution in [0.5, 0.6) is 0 Å². The van der Waals surface area contributed by atoms with Crippen LogP contribution in [0.15, 0.2) is 97.1 Å². The molecule has 0 unspecified atom stereocenters. The maximum atomic E-state index is 5.02. The molecular weight excluding hydrogens is 641 g/mol. The van der Waals surface area contributed by atoms with Gasteiger partial charge in [0.25, 0.3) is 0 Å². The SMILES string of the molecule is [Nd+3].c1ccc2c(c1)-c1nc-2nc2[nH]c(nc3nc(nc4[nH]c(n1)c1ccccc41)-c1ccccc1-3)c1ccccc21. The third-order valence-electron chi connectivity index (χ3n) is 7.46. The fourth-order valence-electron chi connectivity index (χ4n) is 5.59. The Labute approximate surface area is 265 Å². The number of aromatic nitrogens is 8. The second kappa shape index (κ2) is 9.32. The Morgan fingerprint density at radius 1 is 0.317 bits per heavy atom. The van der Waals surface area contributed by atoms with Crippen molar-refractivity contribution in [3.8, 4) is 45.6 Å². The van der Waals surface area contributed by atoms with Crippen LogP contribution in [-0.2, 0) is 0 Å². The maximum Gasteiger partial charge on any atom is 3.00 e. The molecule has 0 saturated carbocycles. The normalized spacial score (nSPS) is 11.7. The molecule has 9 rings (SSSR count). The van der Waals surface area contributed by atoms with Gasteiger partial charge in [-0.05, 0) is 0 Å². The van der Waals surface area contributed by atoms with Gasteiger partial charge in [0, 0.05) is 43.8 Å². The van der Waals surface area contributed by atoms with Crippen LogP contribution in [0.2, 0.25) is 0 Å². The van der Waals surface area contributed by atoms with Gasteiger partial charge in [0.15, 0.2) is 23.3 Å². The molecule has 0 amide bonds. The quantitative estimate of drug-likeness (QED) is 0.184. The molecule has 2 aliphatic rings. The summed E-state index contributed by atoms with van der Waals surface area (Å²) in [4.78, 5) is 36.8. The first-order valence-electron chi connectivity index (χ1n) is 13.0. The van der Waals surface area contributed by atoms with Crippen molar-refractivity contribution in [2.45, 2.75) is 0 Å². The van der Waals surface area contributed by atoms with Gasteiger partial charge in [0.2, 0.25) is 0 Å². The fourth-order valence-corrected chi connectivity index (χ4v) is 5.59. The van der Waals surface area contributed by atoms with E-state index in [1.54, 1.807) is 0 Å². The molecule has 0 saturated heterocycles. The van der Waals surface area contributed by atoms with Crippen LogP contribution in [0.25, 0.3) is 89.7 Å². The summed E-state index contributed by atoms with van der Waals surface area (Å²) in [6.45, 7) is 0. The average Bonchev–Trinajstić information content (AvgIpc) is 3.73. The third-order valence-corrected chi connectivity index (χ3v) is 7.46. The number of rotatable bonds is 0. The summed E-state index contributed by atoms with van der Waals surface area (Å²) in [5, 5.41) is 3.82. The molecule has 1 radical (unpaired) electrons. The molecule has 41 heavy (non-hydrogen) atoms. The second-order valence-electron chi connectivity index (χ2n) is 9.79. The van der Waals surface area contributed by atoms with Crippen molar-refractivity contribution >= 4 is 44.1 Å². The Kier molecular flexibility index (Phi) is 5.55. The van der Waals surface area contributed by atoms with Gasteiger partial charge in [0.05, 0.1) is 0 Å². The van der Waals surface area contributed by atoms with Crippen LogP contribution in [-0.4, -0.2) is 39.9 Å². The van der Waals surface area contributed by atoms with Crippen molar-refractivity contribution in [3.05, 3.63) is 97.1 Å². The Morgan fingerprint density at radius 2 is 0.561 bits per heavy atom. The van der Waals surface area contributed by atoms with Crippen molar-refractivity contribution in [1.29, 1.82) is 0 Å². The largest absolute Gasteiger partial charge is 3.00 e. The van der Waals surface area contributed by atoms with E-state index in [2.05, 4.69) is 9.97 Å². The second-order valence-corrected chi connectivity index (χ2v) is 9.79. The van der Waals surface area contributed by atoms with Crippen molar-refractivity contribution < 1.29 is 40.8 Å². The molecule has 0 spiro atoms. The van der Waals surface area contributed by atoms with Crippen molar-refractivity contribution in [3.63, 3.8) is 0 Å². The van der Waals surface area contributed by atoms with Crippen LogP contribution < -0.4 is 0 Å². The van der Waals surface area contributed by atoms with E-state index in [4.69, 9.17) is 29.9 Å². The van der Waals surface area contributed by atoms with E-state index >= 15 is 0 Å². The smallest absolute Gasteiger partial charge is 0.324 e. The van der Waals surface area contributed by atoms with Gasteiger partial charge in [0.1, 0.15) is 22.6 Å². The first kappa shape index (κ1) is 24.4. The first-order chi connectivity index (χ1) is 19.8. The summed E-state index contributed by atoms with van der Waals surface area (Å²) in [6, 6.07) is 32.2. The fraction of sp³-hybridized carbons (Fsp3) is 0.